The van der Waals surface area contributed by atoms with Crippen LogP contribution in [0, 0.1) is 5.82 Å². The number of halogens is 5. The van der Waals surface area contributed by atoms with Gasteiger partial charge in [0.2, 0.25) is 0 Å². The van der Waals surface area contributed by atoms with E-state index in [4.69, 9.17) is 5.84 Å². The van der Waals surface area contributed by atoms with Gasteiger partial charge in [-0.3, -0.25) is 10.8 Å². The van der Waals surface area contributed by atoms with Crippen molar-refractivity contribution in [3.8, 4) is 0 Å². The molecule has 0 aliphatic heterocycles. The second-order valence-corrected chi connectivity index (χ2v) is 5.15. The molecular weight excluding hydrogens is 354 g/mol. The fraction of sp³-hybridized carbons (Fsp3) is 0.154. The molecule has 0 spiro atoms. The Bertz CT molecular complexity index is 628. The molecule has 2 rings (SSSR count). The van der Waals surface area contributed by atoms with Crippen LogP contribution in [0.1, 0.15) is 22.9 Å². The average Bonchev–Trinajstić information content (AvgIpc) is 2.42. The van der Waals surface area contributed by atoms with Crippen LogP contribution >= 0.6 is 15.9 Å². The fourth-order valence-corrected chi connectivity index (χ4v) is 2.08. The summed E-state index contributed by atoms with van der Waals surface area (Å²) in [6.07, 6.45) is -3.28. The highest BCUT2D eigenvalue weighted by Gasteiger charge is 2.34. The average molecular weight is 364 g/mol. The Hall–Kier alpha value is -1.51. The molecule has 1 heterocycles. The van der Waals surface area contributed by atoms with E-state index in [1.165, 1.54) is 12.3 Å². The maximum atomic E-state index is 13.3. The van der Waals surface area contributed by atoms with Crippen molar-refractivity contribution in [2.75, 3.05) is 0 Å². The number of nitrogens with two attached hydrogens (primary N) is 1. The molecule has 1 aromatic heterocycles. The van der Waals surface area contributed by atoms with Crippen molar-refractivity contribution < 1.29 is 17.6 Å². The lowest BCUT2D eigenvalue weighted by Crippen LogP contribution is -2.29. The van der Waals surface area contributed by atoms with Crippen molar-refractivity contribution in [1.82, 2.24) is 10.4 Å². The quantitative estimate of drug-likeness (QED) is 0.498. The summed E-state index contributed by atoms with van der Waals surface area (Å²) in [5.74, 6) is 4.07. The predicted octanol–water partition coefficient (Wildman–Crippen LogP) is 3.55. The van der Waals surface area contributed by atoms with E-state index in [1.807, 2.05) is 0 Å². The van der Waals surface area contributed by atoms with Gasteiger partial charge in [-0.1, -0.05) is 6.07 Å². The molecule has 0 radical (unpaired) electrons. The van der Waals surface area contributed by atoms with Crippen molar-refractivity contribution >= 4 is 15.9 Å². The van der Waals surface area contributed by atoms with Crippen molar-refractivity contribution in [3.63, 3.8) is 0 Å². The van der Waals surface area contributed by atoms with Gasteiger partial charge in [0.1, 0.15) is 5.82 Å². The van der Waals surface area contributed by atoms with Crippen molar-refractivity contribution in [2.45, 2.75) is 12.2 Å². The van der Waals surface area contributed by atoms with E-state index in [2.05, 4.69) is 26.3 Å². The van der Waals surface area contributed by atoms with Crippen molar-refractivity contribution in [1.29, 1.82) is 0 Å². The van der Waals surface area contributed by atoms with Crippen LogP contribution in [-0.4, -0.2) is 4.98 Å². The molecule has 112 valence electrons. The number of hydrogen-bond donors (Lipinski definition) is 2. The van der Waals surface area contributed by atoms with Crippen molar-refractivity contribution in [3.05, 3.63) is 63.6 Å². The molecular formula is C13H10BrF4N3. The number of hydrogen-bond acceptors (Lipinski definition) is 3. The molecule has 3 N–H and O–H groups in total. The van der Waals surface area contributed by atoms with Gasteiger partial charge in [-0.2, -0.15) is 13.2 Å². The summed E-state index contributed by atoms with van der Waals surface area (Å²) >= 11 is 3.21. The monoisotopic (exact) mass is 363 g/mol. The smallest absolute Gasteiger partial charge is 0.271 e. The summed E-state index contributed by atoms with van der Waals surface area (Å²) < 4.78 is 52.2. The molecule has 3 nitrogen and oxygen atoms in total. The van der Waals surface area contributed by atoms with Gasteiger partial charge in [0.25, 0.3) is 0 Å². The highest BCUT2D eigenvalue weighted by Crippen LogP contribution is 2.33. The van der Waals surface area contributed by atoms with Crippen molar-refractivity contribution in [2.24, 2.45) is 5.84 Å². The van der Waals surface area contributed by atoms with E-state index < -0.39 is 23.6 Å². The Balaban J connectivity index is 2.46. The third kappa shape index (κ3) is 3.58. The van der Waals surface area contributed by atoms with Crippen LogP contribution in [0.5, 0.6) is 0 Å². The predicted molar refractivity (Wildman–Crippen MR) is 72.5 cm³/mol. The van der Waals surface area contributed by atoms with Crippen LogP contribution < -0.4 is 11.3 Å². The number of nitrogens with zero attached hydrogens (tertiary/aromatic N) is 1. The van der Waals surface area contributed by atoms with Gasteiger partial charge in [-0.25, -0.2) is 9.82 Å². The zero-order chi connectivity index (χ0) is 15.6. The highest BCUT2D eigenvalue weighted by molar-refractivity contribution is 9.10. The second kappa shape index (κ2) is 6.08. The minimum absolute atomic E-state index is 0.168. The number of alkyl halides is 3. The molecule has 8 heteroatoms. The van der Waals surface area contributed by atoms with Crippen LogP contribution in [0.15, 0.2) is 41.0 Å². The van der Waals surface area contributed by atoms with Crippen LogP contribution in [0.3, 0.4) is 0 Å². The van der Waals surface area contributed by atoms with E-state index in [0.29, 0.717) is 5.69 Å². The van der Waals surface area contributed by atoms with Crippen LogP contribution in [-0.2, 0) is 6.18 Å². The highest BCUT2D eigenvalue weighted by atomic mass is 79.9. The third-order valence-electron chi connectivity index (χ3n) is 2.84. The van der Waals surface area contributed by atoms with Crippen LogP contribution in [0.25, 0.3) is 0 Å². The summed E-state index contributed by atoms with van der Waals surface area (Å²) in [5.41, 5.74) is 1.63. The Morgan fingerprint density at radius 3 is 2.43 bits per heavy atom. The number of hydrazine groups is 1. The molecule has 0 aliphatic carbocycles. The van der Waals surface area contributed by atoms with Gasteiger partial charge in [0.05, 0.1) is 17.3 Å². The molecule has 0 bridgehead atoms. The fourth-order valence-electron chi connectivity index (χ4n) is 1.85. The third-order valence-corrected chi connectivity index (χ3v) is 3.31. The Labute approximate surface area is 126 Å². The zero-order valence-corrected chi connectivity index (χ0v) is 12.0. The lowest BCUT2D eigenvalue weighted by Gasteiger charge is -2.18. The minimum Gasteiger partial charge on any atom is -0.271 e. The van der Waals surface area contributed by atoms with Gasteiger partial charge < -0.3 is 0 Å². The summed E-state index contributed by atoms with van der Waals surface area (Å²) in [7, 11) is 0. The first-order chi connectivity index (χ1) is 9.82. The number of aromatic nitrogens is 1. The normalized spacial score (nSPS) is 13.2. The second-order valence-electron chi connectivity index (χ2n) is 4.24. The molecule has 21 heavy (non-hydrogen) atoms. The standard InChI is InChI=1S/C13H10BrF4N3/c14-8-2-4-11(20-6-8)12(21-19)7-1-3-10(15)9(5-7)13(16,17)18/h1-6,12,21H,19H2. The molecule has 0 saturated heterocycles. The maximum Gasteiger partial charge on any atom is 0.419 e. The van der Waals surface area contributed by atoms with Gasteiger partial charge >= 0.3 is 6.18 Å². The van der Waals surface area contributed by atoms with E-state index in [0.717, 1.165) is 16.6 Å². The Morgan fingerprint density at radius 1 is 1.19 bits per heavy atom. The topological polar surface area (TPSA) is 50.9 Å². The number of benzene rings is 1. The SMILES string of the molecule is NNC(c1ccc(F)c(C(F)(F)F)c1)c1ccc(Br)cn1. The summed E-state index contributed by atoms with van der Waals surface area (Å²) in [6.45, 7) is 0. The molecule has 1 aromatic carbocycles. The number of nitrogens with one attached hydrogen (secondary N) is 1. The largest absolute Gasteiger partial charge is 0.419 e. The summed E-state index contributed by atoms with van der Waals surface area (Å²) in [4.78, 5) is 4.08. The molecule has 1 unspecified atom stereocenters. The van der Waals surface area contributed by atoms with E-state index in [-0.39, 0.29) is 5.56 Å². The molecule has 0 saturated carbocycles. The Morgan fingerprint density at radius 2 is 1.90 bits per heavy atom. The molecule has 2 aromatic rings. The molecule has 1 atom stereocenters. The van der Waals surface area contributed by atoms with Gasteiger partial charge in [0, 0.05) is 10.7 Å². The van der Waals surface area contributed by atoms with Gasteiger partial charge in [-0.15, -0.1) is 0 Å². The van der Waals surface area contributed by atoms with Crippen LogP contribution in [0.2, 0.25) is 0 Å². The van der Waals surface area contributed by atoms with E-state index in [1.54, 1.807) is 12.1 Å². The lowest BCUT2D eigenvalue weighted by molar-refractivity contribution is -0.140. The van der Waals surface area contributed by atoms with E-state index >= 15 is 0 Å². The van der Waals surface area contributed by atoms with E-state index in [9.17, 15) is 17.6 Å². The first-order valence-corrected chi connectivity index (χ1v) is 6.56. The summed E-state index contributed by atoms with van der Waals surface area (Å²) in [5, 5.41) is 0. The van der Waals surface area contributed by atoms with Gasteiger partial charge in [-0.05, 0) is 45.8 Å². The summed E-state index contributed by atoms with van der Waals surface area (Å²) in [6, 6.07) is 5.23. The van der Waals surface area contributed by atoms with Crippen LogP contribution in [0.4, 0.5) is 17.6 Å². The molecule has 0 amide bonds. The van der Waals surface area contributed by atoms with Gasteiger partial charge in [0.15, 0.2) is 0 Å². The number of pyridine rings is 1. The number of rotatable bonds is 3. The first-order valence-electron chi connectivity index (χ1n) is 5.77. The Kier molecular flexibility index (Phi) is 4.60. The zero-order valence-electron chi connectivity index (χ0n) is 10.5. The maximum absolute atomic E-state index is 13.3. The lowest BCUT2D eigenvalue weighted by atomic mass is 10.0. The first kappa shape index (κ1) is 15.9. The molecule has 0 fully saturated rings. The molecule has 0 aliphatic rings. The minimum atomic E-state index is -4.77.